The molecule has 2 aromatic carbocycles. The second kappa shape index (κ2) is 6.58. The Hall–Kier alpha value is -2.80. The molecular weight excluding hydrogens is 262 g/mol. The number of rotatable bonds is 4. The van der Waals surface area contributed by atoms with Crippen molar-refractivity contribution in [2.45, 2.75) is 19.9 Å². The number of benzene rings is 2. The largest absolute Gasteiger partial charge is 0.374 e. The van der Waals surface area contributed by atoms with Crippen LogP contribution in [0, 0.1) is 18.3 Å². The third-order valence-electron chi connectivity index (χ3n) is 3.10. The standard InChI is InChI=1S/C17H17N3O/c1-12-6-5-8-15(10-12)19-13(2)17(21)20-16-9-4-3-7-14(16)11-18/h3-10,13,19H,1-2H3,(H,20,21). The molecule has 2 N–H and O–H groups in total. The van der Waals surface area contributed by atoms with Crippen molar-refractivity contribution >= 4 is 17.3 Å². The van der Waals surface area contributed by atoms with Crippen LogP contribution in [0.3, 0.4) is 0 Å². The highest BCUT2D eigenvalue weighted by atomic mass is 16.2. The fourth-order valence-corrected chi connectivity index (χ4v) is 1.98. The van der Waals surface area contributed by atoms with Crippen LogP contribution >= 0.6 is 0 Å². The first kappa shape index (κ1) is 14.6. The summed E-state index contributed by atoms with van der Waals surface area (Å²) in [6, 6.07) is 16.4. The van der Waals surface area contributed by atoms with E-state index in [2.05, 4.69) is 16.7 Å². The van der Waals surface area contributed by atoms with E-state index in [1.807, 2.05) is 31.2 Å². The fourth-order valence-electron chi connectivity index (χ4n) is 1.98. The summed E-state index contributed by atoms with van der Waals surface area (Å²) < 4.78 is 0. The number of para-hydroxylation sites is 1. The van der Waals surface area contributed by atoms with E-state index in [9.17, 15) is 4.79 Å². The Morgan fingerprint density at radius 3 is 2.67 bits per heavy atom. The van der Waals surface area contributed by atoms with E-state index in [1.165, 1.54) is 0 Å². The molecule has 1 unspecified atom stereocenters. The van der Waals surface area contributed by atoms with Gasteiger partial charge in [0.05, 0.1) is 11.3 Å². The van der Waals surface area contributed by atoms with Gasteiger partial charge in [-0.1, -0.05) is 24.3 Å². The van der Waals surface area contributed by atoms with E-state index in [1.54, 1.807) is 31.2 Å². The minimum absolute atomic E-state index is 0.181. The Kier molecular flexibility index (Phi) is 4.57. The van der Waals surface area contributed by atoms with Crippen molar-refractivity contribution in [1.29, 1.82) is 5.26 Å². The predicted octanol–water partition coefficient (Wildman–Crippen LogP) is 3.31. The highest BCUT2D eigenvalue weighted by molar-refractivity contribution is 5.97. The van der Waals surface area contributed by atoms with Gasteiger partial charge in [0.1, 0.15) is 12.1 Å². The van der Waals surface area contributed by atoms with Crippen LogP contribution < -0.4 is 10.6 Å². The molecule has 0 aromatic heterocycles. The summed E-state index contributed by atoms with van der Waals surface area (Å²) in [5, 5.41) is 14.9. The van der Waals surface area contributed by atoms with Crippen LogP contribution in [0.15, 0.2) is 48.5 Å². The van der Waals surface area contributed by atoms with E-state index in [4.69, 9.17) is 5.26 Å². The molecule has 0 fully saturated rings. The van der Waals surface area contributed by atoms with E-state index < -0.39 is 6.04 Å². The maximum Gasteiger partial charge on any atom is 0.246 e. The minimum Gasteiger partial charge on any atom is -0.374 e. The smallest absolute Gasteiger partial charge is 0.246 e. The minimum atomic E-state index is -0.404. The van der Waals surface area contributed by atoms with Crippen molar-refractivity contribution in [3.05, 3.63) is 59.7 Å². The molecule has 1 amide bonds. The number of aryl methyl sites for hydroxylation is 1. The van der Waals surface area contributed by atoms with Crippen LogP contribution in [-0.4, -0.2) is 11.9 Å². The summed E-state index contributed by atoms with van der Waals surface area (Å²) in [4.78, 5) is 12.2. The summed E-state index contributed by atoms with van der Waals surface area (Å²) in [6.07, 6.45) is 0. The highest BCUT2D eigenvalue weighted by Crippen LogP contribution is 2.15. The summed E-state index contributed by atoms with van der Waals surface area (Å²) >= 11 is 0. The lowest BCUT2D eigenvalue weighted by atomic mass is 10.1. The van der Waals surface area contributed by atoms with Crippen molar-refractivity contribution in [2.24, 2.45) is 0 Å². The quantitative estimate of drug-likeness (QED) is 0.902. The zero-order valence-electron chi connectivity index (χ0n) is 12.1. The molecule has 2 rings (SSSR count). The summed E-state index contributed by atoms with van der Waals surface area (Å²) in [5.41, 5.74) is 3.00. The van der Waals surface area contributed by atoms with E-state index in [0.717, 1.165) is 11.3 Å². The zero-order valence-corrected chi connectivity index (χ0v) is 12.1. The Morgan fingerprint density at radius 2 is 1.95 bits per heavy atom. The fraction of sp³-hybridized carbons (Fsp3) is 0.176. The predicted molar refractivity (Wildman–Crippen MR) is 84.1 cm³/mol. The average Bonchev–Trinajstić information content (AvgIpc) is 2.47. The van der Waals surface area contributed by atoms with Gasteiger partial charge in [-0.25, -0.2) is 0 Å². The van der Waals surface area contributed by atoms with Crippen molar-refractivity contribution in [3.63, 3.8) is 0 Å². The molecule has 0 saturated heterocycles. The molecule has 0 heterocycles. The first-order valence-corrected chi connectivity index (χ1v) is 6.73. The Balaban J connectivity index is 2.05. The van der Waals surface area contributed by atoms with Gasteiger partial charge in [0.2, 0.25) is 5.91 Å². The maximum absolute atomic E-state index is 12.2. The van der Waals surface area contributed by atoms with Crippen LogP contribution in [-0.2, 0) is 4.79 Å². The third-order valence-corrected chi connectivity index (χ3v) is 3.10. The van der Waals surface area contributed by atoms with Gasteiger partial charge in [0.25, 0.3) is 0 Å². The molecule has 4 nitrogen and oxygen atoms in total. The first-order valence-electron chi connectivity index (χ1n) is 6.73. The lowest BCUT2D eigenvalue weighted by Gasteiger charge is -2.16. The number of nitrogens with one attached hydrogen (secondary N) is 2. The lowest BCUT2D eigenvalue weighted by Crippen LogP contribution is -2.32. The number of nitrogens with zero attached hydrogens (tertiary/aromatic N) is 1. The molecule has 1 atom stereocenters. The molecule has 0 aliphatic rings. The molecule has 0 radical (unpaired) electrons. The van der Waals surface area contributed by atoms with Crippen LogP contribution in [0.25, 0.3) is 0 Å². The number of carbonyl (C=O) groups is 1. The van der Waals surface area contributed by atoms with E-state index >= 15 is 0 Å². The van der Waals surface area contributed by atoms with Gasteiger partial charge in [-0.3, -0.25) is 4.79 Å². The highest BCUT2D eigenvalue weighted by Gasteiger charge is 2.14. The molecule has 0 bridgehead atoms. The Labute approximate surface area is 124 Å². The number of carbonyl (C=O) groups excluding carboxylic acids is 1. The Morgan fingerprint density at radius 1 is 1.19 bits per heavy atom. The number of anilines is 2. The van der Waals surface area contributed by atoms with Crippen LogP contribution in [0.5, 0.6) is 0 Å². The van der Waals surface area contributed by atoms with E-state index in [0.29, 0.717) is 11.3 Å². The number of hydrogen-bond donors (Lipinski definition) is 2. The van der Waals surface area contributed by atoms with Crippen LogP contribution in [0.2, 0.25) is 0 Å². The third kappa shape index (κ3) is 3.83. The second-order valence-electron chi connectivity index (χ2n) is 4.88. The zero-order chi connectivity index (χ0) is 15.2. The molecule has 106 valence electrons. The first-order chi connectivity index (χ1) is 10.1. The second-order valence-corrected chi connectivity index (χ2v) is 4.88. The Bertz CT molecular complexity index is 688. The van der Waals surface area contributed by atoms with Crippen LogP contribution in [0.1, 0.15) is 18.1 Å². The lowest BCUT2D eigenvalue weighted by molar-refractivity contribution is -0.116. The molecule has 0 saturated carbocycles. The van der Waals surface area contributed by atoms with Crippen molar-refractivity contribution in [2.75, 3.05) is 10.6 Å². The van der Waals surface area contributed by atoms with Gasteiger partial charge in [0, 0.05) is 5.69 Å². The number of amides is 1. The molecule has 0 aliphatic carbocycles. The van der Waals surface area contributed by atoms with Gasteiger partial charge in [-0.2, -0.15) is 5.26 Å². The van der Waals surface area contributed by atoms with Gasteiger partial charge in [0.15, 0.2) is 0 Å². The molecule has 2 aromatic rings. The van der Waals surface area contributed by atoms with Gasteiger partial charge in [-0.05, 0) is 43.7 Å². The molecule has 21 heavy (non-hydrogen) atoms. The van der Waals surface area contributed by atoms with Gasteiger partial charge < -0.3 is 10.6 Å². The van der Waals surface area contributed by atoms with E-state index in [-0.39, 0.29) is 5.91 Å². The molecule has 0 aliphatic heterocycles. The van der Waals surface area contributed by atoms with Crippen molar-refractivity contribution in [1.82, 2.24) is 0 Å². The van der Waals surface area contributed by atoms with Crippen LogP contribution in [0.4, 0.5) is 11.4 Å². The normalized spacial score (nSPS) is 11.3. The molecule has 0 spiro atoms. The molecular formula is C17H17N3O. The average molecular weight is 279 g/mol. The number of hydrogen-bond acceptors (Lipinski definition) is 3. The molecule has 4 heteroatoms. The van der Waals surface area contributed by atoms with Gasteiger partial charge in [-0.15, -0.1) is 0 Å². The SMILES string of the molecule is Cc1cccc(NC(C)C(=O)Nc2ccccc2C#N)c1. The van der Waals surface area contributed by atoms with Crippen molar-refractivity contribution < 1.29 is 4.79 Å². The summed E-state index contributed by atoms with van der Waals surface area (Å²) in [6.45, 7) is 3.78. The van der Waals surface area contributed by atoms with Crippen molar-refractivity contribution in [3.8, 4) is 6.07 Å². The van der Waals surface area contributed by atoms with Gasteiger partial charge >= 0.3 is 0 Å². The maximum atomic E-state index is 12.2. The summed E-state index contributed by atoms with van der Waals surface area (Å²) in [7, 11) is 0. The monoisotopic (exact) mass is 279 g/mol. The number of nitriles is 1. The summed E-state index contributed by atoms with van der Waals surface area (Å²) in [5.74, 6) is -0.181. The topological polar surface area (TPSA) is 64.9 Å².